The molecule has 0 saturated heterocycles. The van der Waals surface area contributed by atoms with E-state index in [0.717, 1.165) is 32.1 Å². The second kappa shape index (κ2) is 8.12. The maximum absolute atomic E-state index is 5.56. The molecule has 0 amide bonds. The molecule has 0 rings (SSSR count). The first kappa shape index (κ1) is 14.9. The van der Waals surface area contributed by atoms with Gasteiger partial charge in [0.2, 0.25) is 0 Å². The van der Waals surface area contributed by atoms with Crippen molar-refractivity contribution in [2.24, 2.45) is 5.92 Å². The molecule has 0 aliphatic carbocycles. The molecule has 0 aliphatic rings. The summed E-state index contributed by atoms with van der Waals surface area (Å²) in [6, 6.07) is 0. The van der Waals surface area contributed by atoms with Crippen LogP contribution in [-0.4, -0.2) is 25.3 Å². The Balaban J connectivity index is 3.18. The van der Waals surface area contributed by atoms with E-state index in [4.69, 9.17) is 4.74 Å². The van der Waals surface area contributed by atoms with Crippen LogP contribution in [-0.2, 0) is 4.74 Å². The smallest absolute Gasteiger partial charge is 0.0591 e. The standard InChI is InChI=1S/C13H29NO/c1-6-13(4,5)14-9-11-15-10-7-8-12(2)3/h12,14H,6-11H2,1-5H3. The van der Waals surface area contributed by atoms with Crippen molar-refractivity contribution in [3.05, 3.63) is 0 Å². The summed E-state index contributed by atoms with van der Waals surface area (Å²) in [7, 11) is 0. The van der Waals surface area contributed by atoms with E-state index in [1.165, 1.54) is 12.8 Å². The van der Waals surface area contributed by atoms with E-state index in [1.807, 2.05) is 0 Å². The van der Waals surface area contributed by atoms with Crippen molar-refractivity contribution in [2.45, 2.75) is 59.4 Å². The van der Waals surface area contributed by atoms with Crippen LogP contribution in [0.1, 0.15) is 53.9 Å². The van der Waals surface area contributed by atoms with Gasteiger partial charge in [-0.1, -0.05) is 20.8 Å². The van der Waals surface area contributed by atoms with Gasteiger partial charge < -0.3 is 10.1 Å². The summed E-state index contributed by atoms with van der Waals surface area (Å²) in [6.07, 6.45) is 3.61. The predicted octanol–water partition coefficient (Wildman–Crippen LogP) is 3.22. The number of ether oxygens (including phenoxy) is 1. The van der Waals surface area contributed by atoms with Crippen molar-refractivity contribution in [1.82, 2.24) is 5.32 Å². The number of nitrogens with one attached hydrogen (secondary N) is 1. The van der Waals surface area contributed by atoms with E-state index in [9.17, 15) is 0 Å². The van der Waals surface area contributed by atoms with Gasteiger partial charge in [0.1, 0.15) is 0 Å². The van der Waals surface area contributed by atoms with Crippen LogP contribution in [0.4, 0.5) is 0 Å². The van der Waals surface area contributed by atoms with Crippen LogP contribution in [0.25, 0.3) is 0 Å². The van der Waals surface area contributed by atoms with Crippen LogP contribution >= 0.6 is 0 Å². The highest BCUT2D eigenvalue weighted by Crippen LogP contribution is 2.06. The SMILES string of the molecule is CCC(C)(C)NCCOCCCC(C)C. The average molecular weight is 215 g/mol. The molecule has 15 heavy (non-hydrogen) atoms. The zero-order chi connectivity index (χ0) is 11.7. The van der Waals surface area contributed by atoms with Crippen molar-refractivity contribution in [3.63, 3.8) is 0 Å². The van der Waals surface area contributed by atoms with E-state index < -0.39 is 0 Å². The Kier molecular flexibility index (Phi) is 8.07. The second-order valence-electron chi connectivity index (χ2n) is 5.31. The first-order valence-electron chi connectivity index (χ1n) is 6.30. The van der Waals surface area contributed by atoms with Crippen LogP contribution in [0.5, 0.6) is 0 Å². The molecule has 0 atom stereocenters. The van der Waals surface area contributed by atoms with E-state index in [-0.39, 0.29) is 5.54 Å². The lowest BCUT2D eigenvalue weighted by molar-refractivity contribution is 0.123. The van der Waals surface area contributed by atoms with Gasteiger partial charge in [0.05, 0.1) is 6.61 Å². The van der Waals surface area contributed by atoms with Crippen LogP contribution in [0, 0.1) is 5.92 Å². The van der Waals surface area contributed by atoms with Gasteiger partial charge in [-0.15, -0.1) is 0 Å². The zero-order valence-corrected chi connectivity index (χ0v) is 11.2. The Bertz CT molecular complexity index is 143. The molecule has 2 heteroatoms. The van der Waals surface area contributed by atoms with Crippen LogP contribution in [0.2, 0.25) is 0 Å². The molecule has 0 fully saturated rings. The molecule has 0 aliphatic heterocycles. The van der Waals surface area contributed by atoms with Gasteiger partial charge in [0.15, 0.2) is 0 Å². The van der Waals surface area contributed by atoms with Gasteiger partial charge in [-0.2, -0.15) is 0 Å². The molecule has 0 unspecified atom stereocenters. The Labute approximate surface area is 95.8 Å². The fourth-order valence-corrected chi connectivity index (χ4v) is 1.28. The Morgan fingerprint density at radius 1 is 1.20 bits per heavy atom. The molecule has 0 spiro atoms. The molecule has 0 saturated carbocycles. The average Bonchev–Trinajstić information content (AvgIpc) is 2.16. The molecule has 1 N–H and O–H groups in total. The summed E-state index contributed by atoms with van der Waals surface area (Å²) >= 11 is 0. The summed E-state index contributed by atoms with van der Waals surface area (Å²) in [4.78, 5) is 0. The highest BCUT2D eigenvalue weighted by atomic mass is 16.5. The van der Waals surface area contributed by atoms with Gasteiger partial charge in [-0.05, 0) is 39.0 Å². The van der Waals surface area contributed by atoms with E-state index in [1.54, 1.807) is 0 Å². The third kappa shape index (κ3) is 10.2. The van der Waals surface area contributed by atoms with Gasteiger partial charge in [0, 0.05) is 18.7 Å². The summed E-state index contributed by atoms with van der Waals surface area (Å²) < 4.78 is 5.56. The Hall–Kier alpha value is -0.0800. The lowest BCUT2D eigenvalue weighted by atomic mass is 10.0. The molecular weight excluding hydrogens is 186 g/mol. The van der Waals surface area contributed by atoms with Crippen molar-refractivity contribution in [1.29, 1.82) is 0 Å². The van der Waals surface area contributed by atoms with Crippen molar-refractivity contribution < 1.29 is 4.74 Å². The topological polar surface area (TPSA) is 21.3 Å². The first-order valence-corrected chi connectivity index (χ1v) is 6.30. The second-order valence-corrected chi connectivity index (χ2v) is 5.31. The Morgan fingerprint density at radius 2 is 1.87 bits per heavy atom. The van der Waals surface area contributed by atoms with Crippen LogP contribution in [0.15, 0.2) is 0 Å². The minimum Gasteiger partial charge on any atom is -0.380 e. The molecule has 0 aromatic carbocycles. The van der Waals surface area contributed by atoms with Crippen LogP contribution in [0.3, 0.4) is 0 Å². The number of hydrogen-bond donors (Lipinski definition) is 1. The maximum Gasteiger partial charge on any atom is 0.0591 e. The van der Waals surface area contributed by atoms with Crippen molar-refractivity contribution in [3.8, 4) is 0 Å². The van der Waals surface area contributed by atoms with Gasteiger partial charge in [-0.25, -0.2) is 0 Å². The third-order valence-electron chi connectivity index (χ3n) is 2.80. The first-order chi connectivity index (χ1) is 6.98. The maximum atomic E-state index is 5.56. The highest BCUT2D eigenvalue weighted by Gasteiger charge is 2.12. The number of rotatable bonds is 9. The summed E-state index contributed by atoms with van der Waals surface area (Å²) in [5.74, 6) is 0.797. The Morgan fingerprint density at radius 3 is 2.40 bits per heavy atom. The minimum absolute atomic E-state index is 0.251. The lowest BCUT2D eigenvalue weighted by Crippen LogP contribution is -2.40. The van der Waals surface area contributed by atoms with Crippen LogP contribution < -0.4 is 5.32 Å². The minimum atomic E-state index is 0.251. The third-order valence-corrected chi connectivity index (χ3v) is 2.80. The van der Waals surface area contributed by atoms with Gasteiger partial charge in [-0.3, -0.25) is 0 Å². The lowest BCUT2D eigenvalue weighted by Gasteiger charge is -2.24. The van der Waals surface area contributed by atoms with E-state index >= 15 is 0 Å². The fourth-order valence-electron chi connectivity index (χ4n) is 1.28. The highest BCUT2D eigenvalue weighted by molar-refractivity contribution is 4.74. The van der Waals surface area contributed by atoms with Gasteiger partial charge in [0.25, 0.3) is 0 Å². The molecular formula is C13H29NO. The fraction of sp³-hybridized carbons (Fsp3) is 1.00. The number of hydrogen-bond acceptors (Lipinski definition) is 2. The predicted molar refractivity (Wildman–Crippen MR) is 67.3 cm³/mol. The normalized spacial score (nSPS) is 12.4. The summed E-state index contributed by atoms with van der Waals surface area (Å²) in [5, 5.41) is 3.48. The quantitative estimate of drug-likeness (QED) is 0.596. The molecule has 0 bridgehead atoms. The molecule has 0 aromatic rings. The zero-order valence-electron chi connectivity index (χ0n) is 11.2. The van der Waals surface area contributed by atoms with E-state index in [0.29, 0.717) is 0 Å². The van der Waals surface area contributed by atoms with Gasteiger partial charge >= 0.3 is 0 Å². The molecule has 2 nitrogen and oxygen atoms in total. The molecule has 92 valence electrons. The monoisotopic (exact) mass is 215 g/mol. The van der Waals surface area contributed by atoms with Crippen molar-refractivity contribution in [2.75, 3.05) is 19.8 Å². The molecule has 0 radical (unpaired) electrons. The summed E-state index contributed by atoms with van der Waals surface area (Å²) in [6.45, 7) is 13.9. The van der Waals surface area contributed by atoms with Crippen molar-refractivity contribution >= 4 is 0 Å². The molecule has 0 aromatic heterocycles. The summed E-state index contributed by atoms with van der Waals surface area (Å²) in [5.41, 5.74) is 0.251. The van der Waals surface area contributed by atoms with E-state index in [2.05, 4.69) is 39.9 Å². The molecule has 0 heterocycles. The largest absolute Gasteiger partial charge is 0.380 e.